The summed E-state index contributed by atoms with van der Waals surface area (Å²) in [5, 5.41) is 0.460. The van der Waals surface area contributed by atoms with Crippen LogP contribution in [0.3, 0.4) is 0 Å². The number of fused-ring (bicyclic) bond motifs is 6. The smallest absolute Gasteiger partial charge is 0.345 e. The molecule has 8 heteroatoms. The molecule has 0 saturated heterocycles. The summed E-state index contributed by atoms with van der Waals surface area (Å²) in [7, 11) is 1.58. The molecule has 156 valence electrons. The third-order valence-electron chi connectivity index (χ3n) is 5.75. The summed E-state index contributed by atoms with van der Waals surface area (Å²) >= 11 is 0. The monoisotopic (exact) mass is 418 g/mol. The van der Waals surface area contributed by atoms with Gasteiger partial charge in [-0.25, -0.2) is 9.59 Å². The van der Waals surface area contributed by atoms with Crippen molar-refractivity contribution in [3.05, 3.63) is 81.5 Å². The van der Waals surface area contributed by atoms with Crippen LogP contribution in [-0.4, -0.2) is 25.5 Å². The molecule has 0 bridgehead atoms. The third kappa shape index (κ3) is 2.27. The van der Waals surface area contributed by atoms with Gasteiger partial charge in [-0.3, -0.25) is 4.79 Å². The Morgan fingerprint density at radius 1 is 1.13 bits per heavy atom. The van der Waals surface area contributed by atoms with Gasteiger partial charge in [0.2, 0.25) is 11.8 Å². The highest BCUT2D eigenvalue weighted by atomic mass is 16.5. The van der Waals surface area contributed by atoms with Crippen molar-refractivity contribution in [2.45, 2.75) is 12.3 Å². The largest absolute Gasteiger partial charge is 0.462 e. The Labute approximate surface area is 176 Å². The zero-order valence-corrected chi connectivity index (χ0v) is 16.8. The first-order chi connectivity index (χ1) is 14.9. The molecule has 5 rings (SSSR count). The second kappa shape index (κ2) is 6.46. The molecule has 31 heavy (non-hydrogen) atoms. The predicted molar refractivity (Wildman–Crippen MR) is 112 cm³/mol. The van der Waals surface area contributed by atoms with Crippen molar-refractivity contribution >= 4 is 28.5 Å². The molecule has 8 nitrogen and oxygen atoms in total. The van der Waals surface area contributed by atoms with E-state index in [0.717, 1.165) is 0 Å². The second-order valence-corrected chi connectivity index (χ2v) is 7.28. The molecule has 0 radical (unpaired) electrons. The zero-order valence-electron chi connectivity index (χ0n) is 16.8. The van der Waals surface area contributed by atoms with Crippen molar-refractivity contribution in [2.75, 3.05) is 18.6 Å². The number of esters is 1. The van der Waals surface area contributed by atoms with E-state index in [9.17, 15) is 14.4 Å². The number of hydrogen-bond donors (Lipinski definition) is 1. The van der Waals surface area contributed by atoms with E-state index in [1.165, 1.54) is 4.90 Å². The molecule has 1 atom stereocenters. The molecule has 3 heterocycles. The van der Waals surface area contributed by atoms with E-state index in [-0.39, 0.29) is 35.0 Å². The van der Waals surface area contributed by atoms with Crippen LogP contribution in [0.5, 0.6) is 5.75 Å². The molecule has 1 aromatic heterocycles. The van der Waals surface area contributed by atoms with E-state index in [4.69, 9.17) is 19.6 Å². The fraction of sp³-hybridized carbons (Fsp3) is 0.174. The standard InChI is InChI=1S/C23H18N2O6/c1-3-29-20(26)17-19(24)31-18-12-8-4-7-11-15(12)30-21(27)16(18)23(17)13-9-5-6-10-14(13)25(2)22(23)28/h4-11H,3,24H2,1-2H3/t23-/m0/s1. The van der Waals surface area contributed by atoms with E-state index in [1.807, 2.05) is 0 Å². The Bertz CT molecular complexity index is 1370. The van der Waals surface area contributed by atoms with E-state index in [2.05, 4.69) is 0 Å². The summed E-state index contributed by atoms with van der Waals surface area (Å²) in [5.41, 5.74) is 4.53. The summed E-state index contributed by atoms with van der Waals surface area (Å²) in [5.74, 6) is -1.56. The average molecular weight is 418 g/mol. The number of hydrogen-bond acceptors (Lipinski definition) is 7. The van der Waals surface area contributed by atoms with Gasteiger partial charge in [0.25, 0.3) is 0 Å². The van der Waals surface area contributed by atoms with Crippen molar-refractivity contribution in [3.63, 3.8) is 0 Å². The number of nitrogens with two attached hydrogens (primary N) is 1. The Morgan fingerprint density at radius 2 is 1.84 bits per heavy atom. The first kappa shape index (κ1) is 18.9. The number of likely N-dealkylation sites (N-methyl/N-ethyl adjacent to an activating group) is 1. The molecule has 3 aromatic rings. The summed E-state index contributed by atoms with van der Waals surface area (Å²) < 4.78 is 16.6. The maximum Gasteiger partial charge on any atom is 0.345 e. The van der Waals surface area contributed by atoms with Crippen molar-refractivity contribution in [2.24, 2.45) is 5.73 Å². The minimum Gasteiger partial charge on any atom is -0.462 e. The number of para-hydroxylation sites is 2. The van der Waals surface area contributed by atoms with Crippen LogP contribution in [0.2, 0.25) is 0 Å². The minimum absolute atomic E-state index is 0.0521. The molecule has 0 aliphatic carbocycles. The number of amides is 1. The van der Waals surface area contributed by atoms with Gasteiger partial charge in [-0.15, -0.1) is 0 Å². The lowest BCUT2D eigenvalue weighted by Gasteiger charge is -2.34. The average Bonchev–Trinajstić information content (AvgIpc) is 2.97. The van der Waals surface area contributed by atoms with Crippen molar-refractivity contribution < 1.29 is 23.5 Å². The van der Waals surface area contributed by atoms with Crippen molar-refractivity contribution in [3.8, 4) is 5.75 Å². The first-order valence-electron chi connectivity index (χ1n) is 9.72. The SMILES string of the molecule is CCOC(=O)C1=C(N)Oc2c(c(=O)oc3ccccc23)[C@]12C(=O)N(C)c1ccccc12. The highest BCUT2D eigenvalue weighted by Crippen LogP contribution is 2.55. The van der Waals surface area contributed by atoms with Gasteiger partial charge in [0.1, 0.15) is 22.1 Å². The van der Waals surface area contributed by atoms with Crippen LogP contribution in [0.15, 0.2) is 69.2 Å². The number of ether oxygens (including phenoxy) is 2. The highest BCUT2D eigenvalue weighted by molar-refractivity contribution is 6.18. The van der Waals surface area contributed by atoms with Crippen LogP contribution in [0.4, 0.5) is 5.69 Å². The molecular formula is C23H18N2O6. The summed E-state index contributed by atoms with van der Waals surface area (Å²) in [6.07, 6.45) is 0. The van der Waals surface area contributed by atoms with Crippen LogP contribution in [0, 0.1) is 0 Å². The lowest BCUT2D eigenvalue weighted by Crippen LogP contribution is -2.50. The van der Waals surface area contributed by atoms with Crippen LogP contribution in [0.1, 0.15) is 18.1 Å². The maximum atomic E-state index is 13.8. The normalized spacial score (nSPS) is 19.4. The minimum atomic E-state index is -1.85. The van der Waals surface area contributed by atoms with E-state index in [1.54, 1.807) is 62.5 Å². The lowest BCUT2D eigenvalue weighted by atomic mass is 9.68. The maximum absolute atomic E-state index is 13.8. The van der Waals surface area contributed by atoms with Gasteiger partial charge in [-0.1, -0.05) is 30.3 Å². The van der Waals surface area contributed by atoms with E-state index in [0.29, 0.717) is 16.6 Å². The molecule has 1 spiro atoms. The number of nitrogens with zero attached hydrogens (tertiary/aromatic N) is 1. The molecule has 0 saturated carbocycles. The number of benzene rings is 2. The molecule has 0 unspecified atom stereocenters. The summed E-state index contributed by atoms with van der Waals surface area (Å²) in [6, 6.07) is 13.7. The molecule has 0 fully saturated rings. The first-order valence-corrected chi connectivity index (χ1v) is 9.72. The Balaban J connectivity index is 1.99. The number of carbonyl (C=O) groups excluding carboxylic acids is 2. The topological polar surface area (TPSA) is 112 Å². The van der Waals surface area contributed by atoms with Gasteiger partial charge in [-0.2, -0.15) is 0 Å². The van der Waals surface area contributed by atoms with Crippen molar-refractivity contribution in [1.82, 2.24) is 0 Å². The van der Waals surface area contributed by atoms with Crippen LogP contribution < -0.4 is 21.0 Å². The Morgan fingerprint density at radius 3 is 2.61 bits per heavy atom. The molecule has 2 aliphatic heterocycles. The number of rotatable bonds is 2. The quantitative estimate of drug-likeness (QED) is 0.501. The highest BCUT2D eigenvalue weighted by Gasteiger charge is 2.62. The van der Waals surface area contributed by atoms with Crippen molar-refractivity contribution in [1.29, 1.82) is 0 Å². The molecule has 2 N–H and O–H groups in total. The fourth-order valence-electron chi connectivity index (χ4n) is 4.52. The molecule has 2 aliphatic rings. The predicted octanol–water partition coefficient (Wildman–Crippen LogP) is 2.18. The van der Waals surface area contributed by atoms with Crippen LogP contribution >= 0.6 is 0 Å². The summed E-state index contributed by atoms with van der Waals surface area (Å²) in [4.78, 5) is 41.6. The van der Waals surface area contributed by atoms with E-state index < -0.39 is 22.9 Å². The number of anilines is 1. The fourth-order valence-corrected chi connectivity index (χ4v) is 4.52. The molecule has 1 amide bonds. The van der Waals surface area contributed by atoms with Gasteiger partial charge < -0.3 is 24.5 Å². The van der Waals surface area contributed by atoms with Gasteiger partial charge in [0, 0.05) is 18.3 Å². The summed E-state index contributed by atoms with van der Waals surface area (Å²) in [6.45, 7) is 1.69. The van der Waals surface area contributed by atoms with Gasteiger partial charge in [0.15, 0.2) is 5.75 Å². The van der Waals surface area contributed by atoms with Gasteiger partial charge in [0.05, 0.1) is 12.0 Å². The van der Waals surface area contributed by atoms with Gasteiger partial charge >= 0.3 is 11.6 Å². The van der Waals surface area contributed by atoms with E-state index >= 15 is 0 Å². The molecule has 2 aromatic carbocycles. The zero-order chi connectivity index (χ0) is 21.9. The second-order valence-electron chi connectivity index (χ2n) is 7.28. The van der Waals surface area contributed by atoms with Crippen LogP contribution in [0.25, 0.3) is 11.0 Å². The third-order valence-corrected chi connectivity index (χ3v) is 5.75. The molecular weight excluding hydrogens is 400 g/mol. The lowest BCUT2D eigenvalue weighted by molar-refractivity contribution is -0.140. The Kier molecular flexibility index (Phi) is 3.95. The van der Waals surface area contributed by atoms with Crippen LogP contribution in [-0.2, 0) is 19.7 Å². The number of carbonyl (C=O) groups is 2. The Hall–Kier alpha value is -4.07. The van der Waals surface area contributed by atoms with Gasteiger partial charge in [-0.05, 0) is 25.1 Å².